The molecule has 0 bridgehead atoms. The third kappa shape index (κ3) is 3.68. The number of nitrogens with one attached hydrogen (secondary N) is 1. The van der Waals surface area contributed by atoms with Crippen LogP contribution in [-0.2, 0) is 4.74 Å². The van der Waals surface area contributed by atoms with Crippen LogP contribution in [-0.4, -0.2) is 27.8 Å². The molecule has 0 radical (unpaired) electrons. The van der Waals surface area contributed by atoms with Gasteiger partial charge in [-0.05, 0) is 32.9 Å². The second-order valence-electron chi connectivity index (χ2n) is 5.44. The van der Waals surface area contributed by atoms with Crippen molar-refractivity contribution in [3.05, 3.63) is 42.2 Å². The number of amides is 1. The Morgan fingerprint density at radius 3 is 2.52 bits per heavy atom. The number of aromatic nitrogens is 2. The number of para-hydroxylation sites is 1. The van der Waals surface area contributed by atoms with Crippen LogP contribution in [0.15, 0.2) is 36.5 Å². The summed E-state index contributed by atoms with van der Waals surface area (Å²) in [5.74, 6) is 0. The maximum absolute atomic E-state index is 11.8. The fraction of sp³-hybridized carbons (Fsp3) is 0.267. The SMILES string of the molecule is CC(C)(C)OC(=O)Nc1cnn(-c2ccccc2)c1C=O. The summed E-state index contributed by atoms with van der Waals surface area (Å²) in [5, 5.41) is 6.65. The van der Waals surface area contributed by atoms with E-state index in [0.29, 0.717) is 12.0 Å². The maximum Gasteiger partial charge on any atom is 0.412 e. The Morgan fingerprint density at radius 2 is 1.95 bits per heavy atom. The van der Waals surface area contributed by atoms with Gasteiger partial charge in [0.25, 0.3) is 0 Å². The van der Waals surface area contributed by atoms with Crippen LogP contribution >= 0.6 is 0 Å². The van der Waals surface area contributed by atoms with Gasteiger partial charge in [0.15, 0.2) is 6.29 Å². The summed E-state index contributed by atoms with van der Waals surface area (Å²) in [7, 11) is 0. The molecule has 1 heterocycles. The molecule has 2 rings (SSSR count). The third-order valence-electron chi connectivity index (χ3n) is 2.55. The van der Waals surface area contributed by atoms with Crippen molar-refractivity contribution in [1.29, 1.82) is 0 Å². The number of benzene rings is 1. The van der Waals surface area contributed by atoms with E-state index in [2.05, 4.69) is 10.4 Å². The quantitative estimate of drug-likeness (QED) is 0.881. The Morgan fingerprint density at radius 1 is 1.29 bits per heavy atom. The Balaban J connectivity index is 2.25. The predicted molar refractivity (Wildman–Crippen MR) is 78.8 cm³/mol. The van der Waals surface area contributed by atoms with Crippen molar-refractivity contribution < 1.29 is 14.3 Å². The molecule has 0 saturated heterocycles. The molecule has 0 aliphatic carbocycles. The Labute approximate surface area is 122 Å². The minimum atomic E-state index is -0.627. The lowest BCUT2D eigenvalue weighted by molar-refractivity contribution is 0.0636. The first kappa shape index (κ1) is 14.8. The summed E-state index contributed by atoms with van der Waals surface area (Å²) in [5.41, 5.74) is 0.688. The summed E-state index contributed by atoms with van der Waals surface area (Å²) >= 11 is 0. The molecule has 110 valence electrons. The van der Waals surface area contributed by atoms with Crippen LogP contribution in [0.5, 0.6) is 0 Å². The van der Waals surface area contributed by atoms with Crippen molar-refractivity contribution in [2.24, 2.45) is 0 Å². The molecular weight excluding hydrogens is 270 g/mol. The van der Waals surface area contributed by atoms with Gasteiger partial charge in [-0.2, -0.15) is 5.10 Å². The first-order chi connectivity index (χ1) is 9.90. The van der Waals surface area contributed by atoms with Gasteiger partial charge in [0.05, 0.1) is 17.6 Å². The van der Waals surface area contributed by atoms with Crippen LogP contribution in [0.25, 0.3) is 5.69 Å². The summed E-state index contributed by atoms with van der Waals surface area (Å²) in [6, 6.07) is 9.18. The number of hydrogen-bond acceptors (Lipinski definition) is 4. The Bertz CT molecular complexity index is 642. The molecule has 0 aliphatic rings. The fourth-order valence-corrected chi connectivity index (χ4v) is 1.76. The highest BCUT2D eigenvalue weighted by Gasteiger charge is 2.19. The highest BCUT2D eigenvalue weighted by molar-refractivity contribution is 5.92. The maximum atomic E-state index is 11.8. The lowest BCUT2D eigenvalue weighted by Gasteiger charge is -2.19. The molecule has 1 N–H and O–H groups in total. The van der Waals surface area contributed by atoms with Crippen molar-refractivity contribution in [3.63, 3.8) is 0 Å². The van der Waals surface area contributed by atoms with Gasteiger partial charge in [0, 0.05) is 0 Å². The molecule has 2 aromatic rings. The van der Waals surface area contributed by atoms with E-state index in [9.17, 15) is 9.59 Å². The van der Waals surface area contributed by atoms with Gasteiger partial charge >= 0.3 is 6.09 Å². The summed E-state index contributed by atoms with van der Waals surface area (Å²) in [6.07, 6.45) is 1.44. The van der Waals surface area contributed by atoms with Crippen LogP contribution in [0.2, 0.25) is 0 Å². The zero-order valence-electron chi connectivity index (χ0n) is 12.2. The third-order valence-corrected chi connectivity index (χ3v) is 2.55. The minimum absolute atomic E-state index is 0.257. The van der Waals surface area contributed by atoms with Crippen LogP contribution in [0.4, 0.5) is 10.5 Å². The number of anilines is 1. The molecule has 21 heavy (non-hydrogen) atoms. The van der Waals surface area contributed by atoms with Crippen LogP contribution in [0, 0.1) is 0 Å². The highest BCUT2D eigenvalue weighted by Crippen LogP contribution is 2.18. The smallest absolute Gasteiger partial charge is 0.412 e. The van der Waals surface area contributed by atoms with Gasteiger partial charge in [-0.1, -0.05) is 18.2 Å². The zero-order chi connectivity index (χ0) is 15.5. The number of rotatable bonds is 3. The van der Waals surface area contributed by atoms with E-state index >= 15 is 0 Å². The van der Waals surface area contributed by atoms with Crippen molar-refractivity contribution >= 4 is 18.1 Å². The molecular formula is C15H17N3O3. The molecule has 0 unspecified atom stereocenters. The van der Waals surface area contributed by atoms with E-state index < -0.39 is 11.7 Å². The summed E-state index contributed by atoms with van der Waals surface area (Å²) in [4.78, 5) is 23.1. The second-order valence-corrected chi connectivity index (χ2v) is 5.44. The van der Waals surface area contributed by atoms with E-state index in [-0.39, 0.29) is 5.69 Å². The largest absolute Gasteiger partial charge is 0.444 e. The number of carbonyl (C=O) groups excluding carboxylic acids is 2. The monoisotopic (exact) mass is 287 g/mol. The van der Waals surface area contributed by atoms with Gasteiger partial charge in [-0.15, -0.1) is 0 Å². The van der Waals surface area contributed by atoms with Crippen LogP contribution < -0.4 is 5.32 Å². The van der Waals surface area contributed by atoms with Gasteiger partial charge < -0.3 is 4.74 Å². The van der Waals surface area contributed by atoms with Gasteiger partial charge in [0.1, 0.15) is 11.3 Å². The van der Waals surface area contributed by atoms with Crippen molar-refractivity contribution in [3.8, 4) is 5.69 Å². The Kier molecular flexibility index (Phi) is 4.07. The lowest BCUT2D eigenvalue weighted by atomic mass is 10.2. The number of carbonyl (C=O) groups is 2. The van der Waals surface area contributed by atoms with E-state index in [1.54, 1.807) is 20.8 Å². The Hall–Kier alpha value is -2.63. The number of aldehydes is 1. The predicted octanol–water partition coefficient (Wildman–Crippen LogP) is 3.03. The second kappa shape index (κ2) is 5.78. The molecule has 1 aromatic carbocycles. The molecule has 0 spiro atoms. The first-order valence-corrected chi connectivity index (χ1v) is 6.49. The number of nitrogens with zero attached hydrogens (tertiary/aromatic N) is 2. The van der Waals surface area contributed by atoms with E-state index in [1.165, 1.54) is 10.9 Å². The topological polar surface area (TPSA) is 73.2 Å². The van der Waals surface area contributed by atoms with Crippen LogP contribution in [0.1, 0.15) is 31.3 Å². The average Bonchev–Trinajstić information content (AvgIpc) is 2.80. The molecule has 1 amide bonds. The molecule has 6 heteroatoms. The van der Waals surface area contributed by atoms with Gasteiger partial charge in [0.2, 0.25) is 0 Å². The van der Waals surface area contributed by atoms with Gasteiger partial charge in [-0.3, -0.25) is 10.1 Å². The molecule has 0 atom stereocenters. The molecule has 1 aromatic heterocycles. The molecule has 6 nitrogen and oxygen atoms in total. The summed E-state index contributed by atoms with van der Waals surface area (Å²) < 4.78 is 6.61. The highest BCUT2D eigenvalue weighted by atomic mass is 16.6. The molecule has 0 aliphatic heterocycles. The first-order valence-electron chi connectivity index (χ1n) is 6.49. The fourth-order valence-electron chi connectivity index (χ4n) is 1.76. The zero-order valence-corrected chi connectivity index (χ0v) is 12.2. The van der Waals surface area contributed by atoms with Crippen molar-refractivity contribution in [1.82, 2.24) is 9.78 Å². The van der Waals surface area contributed by atoms with Crippen LogP contribution in [0.3, 0.4) is 0 Å². The lowest BCUT2D eigenvalue weighted by Crippen LogP contribution is -2.27. The van der Waals surface area contributed by atoms with E-state index in [4.69, 9.17) is 4.74 Å². The van der Waals surface area contributed by atoms with Crippen molar-refractivity contribution in [2.45, 2.75) is 26.4 Å². The van der Waals surface area contributed by atoms with Gasteiger partial charge in [-0.25, -0.2) is 9.48 Å². The number of hydrogen-bond donors (Lipinski definition) is 1. The van der Waals surface area contributed by atoms with E-state index in [0.717, 1.165) is 5.69 Å². The summed E-state index contributed by atoms with van der Waals surface area (Å²) in [6.45, 7) is 5.29. The minimum Gasteiger partial charge on any atom is -0.444 e. The van der Waals surface area contributed by atoms with Crippen molar-refractivity contribution in [2.75, 3.05) is 5.32 Å². The van der Waals surface area contributed by atoms with E-state index in [1.807, 2.05) is 30.3 Å². The standard InChI is InChI=1S/C15H17N3O3/c1-15(2,3)21-14(20)17-12-9-16-18(13(12)10-19)11-7-5-4-6-8-11/h4-10H,1-3H3,(H,17,20). The average molecular weight is 287 g/mol. The molecule has 0 fully saturated rings. The number of ether oxygens (including phenoxy) is 1. The molecule has 0 saturated carbocycles. The normalized spacial score (nSPS) is 11.0.